The number of carbonyl (C=O) groups excluding carboxylic acids is 1. The van der Waals surface area contributed by atoms with Gasteiger partial charge in [-0.05, 0) is 36.8 Å². The first-order chi connectivity index (χ1) is 11.7. The van der Waals surface area contributed by atoms with E-state index in [2.05, 4.69) is 6.07 Å². The number of amides is 1. The van der Waals surface area contributed by atoms with Gasteiger partial charge < -0.3 is 15.1 Å². The fourth-order valence-corrected chi connectivity index (χ4v) is 3.96. The average Bonchev–Trinajstić information content (AvgIpc) is 2.60. The molecule has 0 radical (unpaired) electrons. The van der Waals surface area contributed by atoms with E-state index in [1.54, 1.807) is 4.90 Å². The monoisotopic (exact) mass is 346 g/mol. The smallest absolute Gasteiger partial charge is 0.253 e. The minimum absolute atomic E-state index is 0.116. The Hall–Kier alpha value is -1.43. The van der Waals surface area contributed by atoms with Gasteiger partial charge >= 0.3 is 0 Å². The summed E-state index contributed by atoms with van der Waals surface area (Å²) in [6, 6.07) is 5.84. The van der Waals surface area contributed by atoms with E-state index in [0.29, 0.717) is 31.7 Å². The SMILES string of the molecule is CC(C)(C)C(=O)N1CCN(C(O)(O)c2cccc3c2CCCC3)CC1. The zero-order valence-corrected chi connectivity index (χ0v) is 15.6. The number of aliphatic hydroxyl groups is 2. The summed E-state index contributed by atoms with van der Waals surface area (Å²) in [4.78, 5) is 15.9. The summed E-state index contributed by atoms with van der Waals surface area (Å²) < 4.78 is 0. The van der Waals surface area contributed by atoms with Crippen molar-refractivity contribution in [2.45, 2.75) is 52.4 Å². The number of piperazine rings is 1. The van der Waals surface area contributed by atoms with Gasteiger partial charge in [-0.1, -0.05) is 39.0 Å². The maximum atomic E-state index is 12.4. The fraction of sp³-hybridized carbons (Fsp3) is 0.650. The van der Waals surface area contributed by atoms with Gasteiger partial charge in [0.05, 0.1) is 0 Å². The van der Waals surface area contributed by atoms with Crippen molar-refractivity contribution in [1.82, 2.24) is 9.80 Å². The third-order valence-corrected chi connectivity index (χ3v) is 5.41. The van der Waals surface area contributed by atoms with Crippen LogP contribution in [0.1, 0.15) is 50.3 Å². The van der Waals surface area contributed by atoms with Gasteiger partial charge in [0, 0.05) is 37.2 Å². The lowest BCUT2D eigenvalue weighted by Gasteiger charge is -2.43. The van der Waals surface area contributed by atoms with Gasteiger partial charge in [0.15, 0.2) is 0 Å². The van der Waals surface area contributed by atoms with Crippen LogP contribution in [-0.4, -0.2) is 52.1 Å². The van der Waals surface area contributed by atoms with Crippen LogP contribution in [0.5, 0.6) is 0 Å². The highest BCUT2D eigenvalue weighted by Gasteiger charge is 2.40. The van der Waals surface area contributed by atoms with E-state index in [-0.39, 0.29) is 5.91 Å². The van der Waals surface area contributed by atoms with Gasteiger partial charge in [-0.25, -0.2) is 4.90 Å². The molecule has 5 nitrogen and oxygen atoms in total. The van der Waals surface area contributed by atoms with Crippen LogP contribution in [0.3, 0.4) is 0 Å². The summed E-state index contributed by atoms with van der Waals surface area (Å²) in [5.74, 6) is -1.86. The molecule has 3 rings (SSSR count). The molecule has 1 amide bonds. The van der Waals surface area contributed by atoms with Crippen LogP contribution < -0.4 is 0 Å². The lowest BCUT2D eigenvalue weighted by atomic mass is 9.86. The van der Waals surface area contributed by atoms with Gasteiger partial charge in [0.2, 0.25) is 5.91 Å². The van der Waals surface area contributed by atoms with Crippen molar-refractivity contribution in [3.8, 4) is 0 Å². The van der Waals surface area contributed by atoms with Gasteiger partial charge in [-0.3, -0.25) is 4.79 Å². The molecule has 0 bridgehead atoms. The molecule has 0 unspecified atom stereocenters. The molecule has 138 valence electrons. The molecule has 2 aliphatic rings. The Morgan fingerprint density at radius 1 is 1.00 bits per heavy atom. The highest BCUT2D eigenvalue weighted by atomic mass is 16.5. The molecule has 1 fully saturated rings. The molecule has 1 saturated heterocycles. The van der Waals surface area contributed by atoms with Crippen LogP contribution in [0, 0.1) is 5.41 Å². The van der Waals surface area contributed by atoms with Crippen molar-refractivity contribution < 1.29 is 15.0 Å². The molecule has 1 aliphatic heterocycles. The predicted molar refractivity (Wildman–Crippen MR) is 96.8 cm³/mol. The summed E-state index contributed by atoms with van der Waals surface area (Å²) in [5.41, 5.74) is 2.53. The minimum atomic E-state index is -1.97. The Bertz CT molecular complexity index is 641. The molecule has 5 heteroatoms. The minimum Gasteiger partial charge on any atom is -0.349 e. The summed E-state index contributed by atoms with van der Waals surface area (Å²) in [6.45, 7) is 7.71. The van der Waals surface area contributed by atoms with E-state index in [1.807, 2.05) is 37.8 Å². The molecule has 1 aliphatic carbocycles. The third kappa shape index (κ3) is 3.59. The number of carbonyl (C=O) groups is 1. The summed E-state index contributed by atoms with van der Waals surface area (Å²) in [7, 11) is 0. The predicted octanol–water partition coefficient (Wildman–Crippen LogP) is 1.85. The molecule has 25 heavy (non-hydrogen) atoms. The molecule has 1 aromatic carbocycles. The first kappa shape index (κ1) is 18.4. The topological polar surface area (TPSA) is 64.0 Å². The molecular formula is C20H30N2O3. The first-order valence-electron chi connectivity index (χ1n) is 9.31. The second-order valence-electron chi connectivity index (χ2n) is 8.32. The summed E-state index contributed by atoms with van der Waals surface area (Å²) >= 11 is 0. The highest BCUT2D eigenvalue weighted by Crippen LogP contribution is 2.33. The van der Waals surface area contributed by atoms with Crippen molar-refractivity contribution in [2.75, 3.05) is 26.2 Å². The molecule has 0 aromatic heterocycles. The summed E-state index contributed by atoms with van der Waals surface area (Å²) in [6.07, 6.45) is 4.16. The number of fused-ring (bicyclic) bond motifs is 1. The van der Waals surface area contributed by atoms with Gasteiger partial charge in [-0.15, -0.1) is 0 Å². The maximum Gasteiger partial charge on any atom is 0.253 e. The lowest BCUT2D eigenvalue weighted by molar-refractivity contribution is -0.281. The zero-order valence-electron chi connectivity index (χ0n) is 15.6. The largest absolute Gasteiger partial charge is 0.349 e. The van der Waals surface area contributed by atoms with Gasteiger partial charge in [0.1, 0.15) is 0 Å². The number of hydrogen-bond acceptors (Lipinski definition) is 4. The lowest BCUT2D eigenvalue weighted by Crippen LogP contribution is -2.58. The molecule has 2 N–H and O–H groups in total. The van der Waals surface area contributed by atoms with E-state index >= 15 is 0 Å². The van der Waals surface area contributed by atoms with E-state index in [4.69, 9.17) is 0 Å². The maximum absolute atomic E-state index is 12.4. The zero-order chi connectivity index (χ0) is 18.2. The van der Waals surface area contributed by atoms with Crippen LogP contribution >= 0.6 is 0 Å². The highest BCUT2D eigenvalue weighted by molar-refractivity contribution is 5.81. The second kappa shape index (κ2) is 6.71. The molecule has 0 saturated carbocycles. The number of nitrogens with zero attached hydrogens (tertiary/aromatic N) is 2. The fourth-order valence-electron chi connectivity index (χ4n) is 3.96. The molecule has 0 atom stereocenters. The third-order valence-electron chi connectivity index (χ3n) is 5.41. The quantitative estimate of drug-likeness (QED) is 0.802. The van der Waals surface area contributed by atoms with Crippen LogP contribution in [0.4, 0.5) is 0 Å². The Kier molecular flexibility index (Phi) is 4.93. The van der Waals surface area contributed by atoms with Crippen molar-refractivity contribution in [3.05, 3.63) is 34.9 Å². The molecule has 0 spiro atoms. The van der Waals surface area contributed by atoms with Crippen molar-refractivity contribution in [1.29, 1.82) is 0 Å². The molecule has 1 heterocycles. The average molecular weight is 346 g/mol. The number of hydrogen-bond donors (Lipinski definition) is 2. The van der Waals surface area contributed by atoms with Crippen LogP contribution in [-0.2, 0) is 23.5 Å². The van der Waals surface area contributed by atoms with Gasteiger partial charge in [-0.2, -0.15) is 0 Å². The van der Waals surface area contributed by atoms with E-state index in [9.17, 15) is 15.0 Å². The molecular weight excluding hydrogens is 316 g/mol. The van der Waals surface area contributed by atoms with Crippen molar-refractivity contribution in [2.24, 2.45) is 5.41 Å². The van der Waals surface area contributed by atoms with Crippen LogP contribution in [0.15, 0.2) is 18.2 Å². The van der Waals surface area contributed by atoms with Crippen LogP contribution in [0.25, 0.3) is 0 Å². The van der Waals surface area contributed by atoms with Gasteiger partial charge in [0.25, 0.3) is 5.91 Å². The van der Waals surface area contributed by atoms with Crippen molar-refractivity contribution in [3.63, 3.8) is 0 Å². The van der Waals surface area contributed by atoms with E-state index < -0.39 is 11.3 Å². The van der Waals surface area contributed by atoms with Crippen LogP contribution in [0.2, 0.25) is 0 Å². The summed E-state index contributed by atoms with van der Waals surface area (Å²) in [5, 5.41) is 21.9. The standard InChI is InChI=1S/C20H30N2O3/c1-19(2,3)18(23)21-11-13-22(14-12-21)20(24,25)17-10-6-8-15-7-4-5-9-16(15)17/h6,8,10,24-25H,4-5,7,9,11-14H2,1-3H3. The molecule has 1 aromatic rings. The Morgan fingerprint density at radius 2 is 1.64 bits per heavy atom. The Balaban J connectivity index is 1.76. The number of benzene rings is 1. The first-order valence-corrected chi connectivity index (χ1v) is 9.31. The Labute approximate surface area is 150 Å². The second-order valence-corrected chi connectivity index (χ2v) is 8.32. The van der Waals surface area contributed by atoms with E-state index in [1.165, 1.54) is 5.56 Å². The number of aryl methyl sites for hydroxylation is 1. The van der Waals surface area contributed by atoms with E-state index in [0.717, 1.165) is 31.2 Å². The number of rotatable bonds is 2. The van der Waals surface area contributed by atoms with Crippen molar-refractivity contribution >= 4 is 5.91 Å². The normalized spacial score (nSPS) is 19.6. The Morgan fingerprint density at radius 3 is 2.28 bits per heavy atom.